The number of rotatable bonds is 5. The van der Waals surface area contributed by atoms with Crippen molar-refractivity contribution in [3.8, 4) is 5.75 Å². The molecule has 0 fully saturated rings. The third-order valence-electron chi connectivity index (χ3n) is 4.36. The summed E-state index contributed by atoms with van der Waals surface area (Å²) in [5.74, 6) is -4.63. The van der Waals surface area contributed by atoms with Crippen LogP contribution in [0.4, 0.5) is 49.6 Å². The summed E-state index contributed by atoms with van der Waals surface area (Å²) >= 11 is 0. The number of hydrogen-bond donors (Lipinski definition) is 2. The lowest BCUT2D eigenvalue weighted by atomic mass is 9.92. The first-order valence-corrected chi connectivity index (χ1v) is 8.66. The molecule has 0 saturated carbocycles. The van der Waals surface area contributed by atoms with Gasteiger partial charge in [-0.3, -0.25) is 4.79 Å². The van der Waals surface area contributed by atoms with Crippen molar-refractivity contribution in [1.29, 1.82) is 0 Å². The van der Waals surface area contributed by atoms with E-state index in [1.54, 1.807) is 0 Å². The van der Waals surface area contributed by atoms with E-state index in [4.69, 9.17) is 5.11 Å². The van der Waals surface area contributed by atoms with Crippen molar-refractivity contribution in [2.75, 3.05) is 5.32 Å². The highest BCUT2D eigenvalue weighted by Crippen LogP contribution is 2.53. The number of aryl methyl sites for hydroxylation is 1. The highest BCUT2D eigenvalue weighted by molar-refractivity contribution is 6.12. The maximum Gasteiger partial charge on any atom is 0.573 e. The summed E-state index contributed by atoms with van der Waals surface area (Å²) < 4.78 is 133. The van der Waals surface area contributed by atoms with Crippen molar-refractivity contribution in [2.24, 2.45) is 0 Å². The fourth-order valence-electron chi connectivity index (χ4n) is 2.84. The maximum absolute atomic E-state index is 14.2. The van der Waals surface area contributed by atoms with E-state index in [-0.39, 0.29) is 12.1 Å². The van der Waals surface area contributed by atoms with Gasteiger partial charge in [0.2, 0.25) is 0 Å². The van der Waals surface area contributed by atoms with Crippen molar-refractivity contribution < 1.29 is 63.3 Å². The molecule has 2 N–H and O–H groups in total. The zero-order chi connectivity index (χ0) is 26.3. The maximum atomic E-state index is 14.2. The Morgan fingerprint density at radius 2 is 1.44 bits per heavy atom. The molecule has 0 atom stereocenters. The lowest BCUT2D eigenvalue weighted by Crippen LogP contribution is -2.50. The van der Waals surface area contributed by atoms with Gasteiger partial charge >= 0.3 is 30.4 Å². The molecule has 0 radical (unpaired) electrons. The minimum atomic E-state index is -6.40. The Morgan fingerprint density at radius 1 is 0.882 bits per heavy atom. The smallest absolute Gasteiger partial charge is 0.478 e. The first kappa shape index (κ1) is 26.7. The molecule has 0 aromatic heterocycles. The third-order valence-corrected chi connectivity index (χ3v) is 4.36. The van der Waals surface area contributed by atoms with Crippen LogP contribution in [0.1, 0.15) is 31.8 Å². The molecule has 0 spiro atoms. The molecule has 2 aromatic rings. The Balaban J connectivity index is 2.53. The number of nitrogens with one attached hydrogen (secondary N) is 1. The van der Waals surface area contributed by atoms with Crippen LogP contribution in [0, 0.1) is 6.92 Å². The number of ether oxygens (including phenoxy) is 1. The van der Waals surface area contributed by atoms with Crippen LogP contribution in [0.15, 0.2) is 36.4 Å². The van der Waals surface area contributed by atoms with Crippen LogP contribution in [-0.2, 0) is 5.67 Å². The molecular formula is C19H11F10NO4. The summed E-state index contributed by atoms with van der Waals surface area (Å²) in [5.41, 5.74) is -10.8. The quantitative estimate of drug-likeness (QED) is 0.478. The van der Waals surface area contributed by atoms with E-state index >= 15 is 0 Å². The number of anilines is 1. The summed E-state index contributed by atoms with van der Waals surface area (Å²) in [6.07, 6.45) is -18.1. The second-order valence-electron chi connectivity index (χ2n) is 6.67. The van der Waals surface area contributed by atoms with E-state index in [0.29, 0.717) is 12.1 Å². The molecule has 2 rings (SSSR count). The number of alkyl halides is 10. The number of carboxylic acid groups (broad SMARTS) is 1. The van der Waals surface area contributed by atoms with Crippen LogP contribution >= 0.6 is 0 Å². The van der Waals surface area contributed by atoms with Crippen LogP contribution < -0.4 is 10.1 Å². The van der Waals surface area contributed by atoms with Gasteiger partial charge in [0.15, 0.2) is 0 Å². The summed E-state index contributed by atoms with van der Waals surface area (Å²) in [6, 6.07) is 2.83. The number of amides is 1. The molecule has 0 saturated heterocycles. The number of aromatic carboxylic acids is 1. The Morgan fingerprint density at radius 3 is 1.88 bits per heavy atom. The van der Waals surface area contributed by atoms with Gasteiger partial charge in [0.25, 0.3) is 5.91 Å². The standard InChI is InChI=1S/C19H11F10NO4/c1-8-7-9(16(20,17(21,22)23)18(24,25)26)5-6-11(8)30-14(31)13-10(15(32)33)3-2-4-12(13)34-19(27,28)29/h2-7H,1H3,(H,30,31)(H,32,33). The van der Waals surface area contributed by atoms with E-state index in [0.717, 1.165) is 19.1 Å². The van der Waals surface area contributed by atoms with Crippen molar-refractivity contribution in [1.82, 2.24) is 0 Å². The topological polar surface area (TPSA) is 75.6 Å². The molecule has 186 valence electrons. The van der Waals surface area contributed by atoms with Crippen molar-refractivity contribution in [3.63, 3.8) is 0 Å². The van der Waals surface area contributed by atoms with Gasteiger partial charge < -0.3 is 15.2 Å². The SMILES string of the molecule is Cc1cc(C(F)(C(F)(F)F)C(F)(F)F)ccc1NC(=O)c1c(OC(F)(F)F)cccc1C(=O)O. The zero-order valence-corrected chi connectivity index (χ0v) is 16.4. The molecule has 0 bridgehead atoms. The average molecular weight is 507 g/mol. The highest BCUT2D eigenvalue weighted by Gasteiger charge is 2.73. The van der Waals surface area contributed by atoms with Gasteiger partial charge in [-0.2, -0.15) is 26.3 Å². The van der Waals surface area contributed by atoms with Crippen molar-refractivity contribution in [2.45, 2.75) is 31.3 Å². The van der Waals surface area contributed by atoms with Gasteiger partial charge in [-0.05, 0) is 30.7 Å². The lowest BCUT2D eigenvalue weighted by Gasteiger charge is -2.30. The fraction of sp³-hybridized carbons (Fsp3) is 0.263. The van der Waals surface area contributed by atoms with E-state index < -0.39 is 70.0 Å². The van der Waals surface area contributed by atoms with E-state index in [1.165, 1.54) is 0 Å². The van der Waals surface area contributed by atoms with Crippen LogP contribution in [-0.4, -0.2) is 35.7 Å². The highest BCUT2D eigenvalue weighted by atomic mass is 19.4. The van der Waals surface area contributed by atoms with Gasteiger partial charge in [0.1, 0.15) is 5.75 Å². The number of carbonyl (C=O) groups excluding carboxylic acids is 1. The molecule has 5 nitrogen and oxygen atoms in total. The largest absolute Gasteiger partial charge is 0.573 e. The van der Waals surface area contributed by atoms with Gasteiger partial charge in [-0.15, -0.1) is 13.2 Å². The minimum Gasteiger partial charge on any atom is -0.478 e. The first-order valence-electron chi connectivity index (χ1n) is 8.66. The molecule has 2 aromatic carbocycles. The third kappa shape index (κ3) is 5.17. The van der Waals surface area contributed by atoms with E-state index in [9.17, 15) is 53.5 Å². The molecule has 0 aliphatic heterocycles. The molecule has 0 unspecified atom stereocenters. The van der Waals surface area contributed by atoms with Gasteiger partial charge in [-0.25, -0.2) is 9.18 Å². The summed E-state index contributed by atoms with van der Waals surface area (Å²) in [5, 5.41) is 11.0. The number of carbonyl (C=O) groups is 2. The fourth-order valence-corrected chi connectivity index (χ4v) is 2.84. The number of carboxylic acids is 1. The van der Waals surface area contributed by atoms with Crippen LogP contribution in [0.5, 0.6) is 5.75 Å². The minimum absolute atomic E-state index is 0.0693. The van der Waals surface area contributed by atoms with Crippen LogP contribution in [0.2, 0.25) is 0 Å². The number of halogens is 10. The van der Waals surface area contributed by atoms with Gasteiger partial charge in [0.05, 0.1) is 11.1 Å². The predicted molar refractivity (Wildman–Crippen MR) is 94.1 cm³/mol. The summed E-state index contributed by atoms with van der Waals surface area (Å²) in [4.78, 5) is 23.9. The molecule has 0 heterocycles. The van der Waals surface area contributed by atoms with Gasteiger partial charge in [-0.1, -0.05) is 18.2 Å². The molecule has 1 amide bonds. The molecule has 0 aliphatic carbocycles. The first-order chi connectivity index (χ1) is 15.3. The number of benzene rings is 2. The van der Waals surface area contributed by atoms with Crippen molar-refractivity contribution >= 4 is 17.6 Å². The predicted octanol–water partition coefficient (Wildman–Crippen LogP) is 6.13. The van der Waals surface area contributed by atoms with Crippen LogP contribution in [0.25, 0.3) is 0 Å². The van der Waals surface area contributed by atoms with Crippen molar-refractivity contribution in [3.05, 3.63) is 58.7 Å². The van der Waals surface area contributed by atoms with E-state index in [2.05, 4.69) is 4.74 Å². The molecule has 34 heavy (non-hydrogen) atoms. The normalized spacial score (nSPS) is 12.9. The van der Waals surface area contributed by atoms with Gasteiger partial charge in [0, 0.05) is 11.3 Å². The Labute approximate surface area is 182 Å². The second kappa shape index (κ2) is 8.68. The monoisotopic (exact) mass is 507 g/mol. The van der Waals surface area contributed by atoms with Crippen LogP contribution in [0.3, 0.4) is 0 Å². The summed E-state index contributed by atoms with van der Waals surface area (Å²) in [6.45, 7) is 0.877. The second-order valence-corrected chi connectivity index (χ2v) is 6.67. The van der Waals surface area contributed by atoms with E-state index in [1.807, 2.05) is 5.32 Å². The lowest BCUT2D eigenvalue weighted by molar-refractivity contribution is -0.348. The average Bonchev–Trinajstić information content (AvgIpc) is 2.65. The Hall–Kier alpha value is -3.52. The molecule has 15 heteroatoms. The Kier molecular flexibility index (Phi) is 6.83. The summed E-state index contributed by atoms with van der Waals surface area (Å²) in [7, 11) is 0. The Bertz CT molecular complexity index is 1090. The molecule has 0 aliphatic rings. The zero-order valence-electron chi connectivity index (χ0n) is 16.4. The number of hydrogen-bond acceptors (Lipinski definition) is 3. The molecular weight excluding hydrogens is 496 g/mol.